The van der Waals surface area contributed by atoms with Gasteiger partial charge in [0, 0.05) is 50.7 Å². The van der Waals surface area contributed by atoms with E-state index in [-0.39, 0.29) is 29.9 Å². The van der Waals surface area contributed by atoms with Crippen molar-refractivity contribution in [3.63, 3.8) is 0 Å². The number of nitrogens with one attached hydrogen (secondary N) is 2. The maximum absolute atomic E-state index is 12.2. The van der Waals surface area contributed by atoms with E-state index in [0.29, 0.717) is 19.0 Å². The zero-order valence-corrected chi connectivity index (χ0v) is 18.4. The molecule has 28 heavy (non-hydrogen) atoms. The van der Waals surface area contributed by atoms with Crippen LogP contribution in [0.1, 0.15) is 22.5 Å². The van der Waals surface area contributed by atoms with E-state index < -0.39 is 12.8 Å². The van der Waals surface area contributed by atoms with Gasteiger partial charge in [0.15, 0.2) is 12.6 Å². The van der Waals surface area contributed by atoms with Crippen LogP contribution in [0.15, 0.2) is 23.3 Å². The Balaban J connectivity index is 0.00000392. The van der Waals surface area contributed by atoms with Crippen molar-refractivity contribution in [2.24, 2.45) is 12.0 Å². The number of ether oxygens (including phenoxy) is 1. The van der Waals surface area contributed by atoms with Crippen molar-refractivity contribution in [2.75, 3.05) is 13.7 Å². The molecule has 0 aliphatic heterocycles. The Morgan fingerprint density at radius 2 is 1.93 bits per heavy atom. The Morgan fingerprint density at radius 1 is 1.25 bits per heavy atom. The molecule has 2 rings (SSSR count). The number of alkyl halides is 3. The van der Waals surface area contributed by atoms with Crippen LogP contribution < -0.4 is 15.4 Å². The molecule has 0 aromatic carbocycles. The molecule has 0 aliphatic carbocycles. The monoisotopic (exact) mass is 512 g/mol. The van der Waals surface area contributed by atoms with Gasteiger partial charge in [-0.05, 0) is 25.5 Å². The molecule has 0 saturated carbocycles. The zero-order chi connectivity index (χ0) is 20.0. The van der Waals surface area contributed by atoms with Gasteiger partial charge in [0.25, 0.3) is 0 Å². The first-order valence-corrected chi connectivity index (χ1v) is 8.27. The second-order valence-electron chi connectivity index (χ2n) is 5.96. The maximum Gasteiger partial charge on any atom is 0.422 e. The summed E-state index contributed by atoms with van der Waals surface area (Å²) in [7, 11) is 3.53. The number of pyridine rings is 1. The highest BCUT2D eigenvalue weighted by molar-refractivity contribution is 14.0. The predicted octanol–water partition coefficient (Wildman–Crippen LogP) is 2.86. The third kappa shape index (κ3) is 7.17. The molecule has 0 saturated heterocycles. The van der Waals surface area contributed by atoms with Crippen molar-refractivity contribution in [3.05, 3.63) is 40.8 Å². The van der Waals surface area contributed by atoms with Gasteiger partial charge < -0.3 is 15.4 Å². The van der Waals surface area contributed by atoms with E-state index >= 15 is 0 Å². The highest BCUT2D eigenvalue weighted by Crippen LogP contribution is 2.17. The zero-order valence-electron chi connectivity index (χ0n) is 16.1. The standard InChI is InChI=1S/C17H23F3N6O.HI/c1-11-14(12(2)26(4)25-11)9-24-16(21-3)23-8-13-5-6-22-15(7-13)27-10-17(18,19)20;/h5-7H,8-10H2,1-4H3,(H2,21,23,24);1H. The van der Waals surface area contributed by atoms with Crippen LogP contribution in [0.3, 0.4) is 0 Å². The minimum Gasteiger partial charge on any atom is -0.468 e. The van der Waals surface area contributed by atoms with Crippen LogP contribution in [0.25, 0.3) is 0 Å². The lowest BCUT2D eigenvalue weighted by Gasteiger charge is -2.13. The van der Waals surface area contributed by atoms with Gasteiger partial charge in [-0.2, -0.15) is 18.3 Å². The highest BCUT2D eigenvalue weighted by Gasteiger charge is 2.28. The van der Waals surface area contributed by atoms with Gasteiger partial charge in [0.05, 0.1) is 5.69 Å². The average Bonchev–Trinajstić information content (AvgIpc) is 2.85. The molecule has 2 heterocycles. The molecule has 2 N–H and O–H groups in total. The molecule has 156 valence electrons. The quantitative estimate of drug-likeness (QED) is 0.354. The molecule has 2 aromatic heterocycles. The predicted molar refractivity (Wildman–Crippen MR) is 111 cm³/mol. The van der Waals surface area contributed by atoms with Crippen LogP contribution in [0, 0.1) is 13.8 Å². The molecular weight excluding hydrogens is 488 g/mol. The summed E-state index contributed by atoms with van der Waals surface area (Å²) in [5.41, 5.74) is 3.82. The molecule has 0 fully saturated rings. The Labute approximate surface area is 178 Å². The highest BCUT2D eigenvalue weighted by atomic mass is 127. The van der Waals surface area contributed by atoms with E-state index in [4.69, 9.17) is 0 Å². The first-order chi connectivity index (χ1) is 12.7. The summed E-state index contributed by atoms with van der Waals surface area (Å²) >= 11 is 0. The van der Waals surface area contributed by atoms with E-state index in [1.807, 2.05) is 25.6 Å². The molecule has 7 nitrogen and oxygen atoms in total. The summed E-state index contributed by atoms with van der Waals surface area (Å²) in [6.07, 6.45) is -2.99. The fourth-order valence-electron chi connectivity index (χ4n) is 2.45. The topological polar surface area (TPSA) is 76.4 Å². The summed E-state index contributed by atoms with van der Waals surface area (Å²) in [5, 5.41) is 10.7. The molecule has 0 amide bonds. The van der Waals surface area contributed by atoms with E-state index in [1.165, 1.54) is 12.3 Å². The largest absolute Gasteiger partial charge is 0.468 e. The van der Waals surface area contributed by atoms with Gasteiger partial charge in [0.1, 0.15) is 0 Å². The lowest BCUT2D eigenvalue weighted by Crippen LogP contribution is -2.36. The van der Waals surface area contributed by atoms with Crippen LogP contribution in [0.5, 0.6) is 5.88 Å². The molecule has 2 aromatic rings. The van der Waals surface area contributed by atoms with Crippen molar-refractivity contribution >= 4 is 29.9 Å². The molecule has 0 radical (unpaired) electrons. The van der Waals surface area contributed by atoms with E-state index in [0.717, 1.165) is 22.5 Å². The number of rotatable bonds is 6. The molecule has 0 aliphatic rings. The minimum absolute atomic E-state index is 0. The fourth-order valence-corrected chi connectivity index (χ4v) is 2.45. The minimum atomic E-state index is -4.40. The van der Waals surface area contributed by atoms with Crippen molar-refractivity contribution in [2.45, 2.75) is 33.1 Å². The number of aromatic nitrogens is 3. The number of hydrogen-bond acceptors (Lipinski definition) is 4. The summed E-state index contributed by atoms with van der Waals surface area (Å²) in [6, 6.07) is 3.15. The number of halogens is 4. The molecule has 0 spiro atoms. The van der Waals surface area contributed by atoms with Crippen LogP contribution in [-0.2, 0) is 20.1 Å². The normalized spacial score (nSPS) is 11.8. The summed E-state index contributed by atoms with van der Waals surface area (Å²) in [5.74, 6) is 0.489. The SMILES string of the molecule is CN=C(NCc1ccnc(OCC(F)(F)F)c1)NCc1c(C)nn(C)c1C.I. The Hall–Kier alpha value is -2.05. The molecule has 0 bridgehead atoms. The van der Waals surface area contributed by atoms with Crippen molar-refractivity contribution in [1.29, 1.82) is 0 Å². The van der Waals surface area contributed by atoms with Crippen molar-refractivity contribution in [1.82, 2.24) is 25.4 Å². The van der Waals surface area contributed by atoms with E-state index in [2.05, 4.69) is 30.4 Å². The first kappa shape index (κ1) is 24.0. The van der Waals surface area contributed by atoms with Gasteiger partial charge in [-0.3, -0.25) is 9.67 Å². The Bertz CT molecular complexity index is 807. The lowest BCUT2D eigenvalue weighted by atomic mass is 10.2. The third-order valence-corrected chi connectivity index (χ3v) is 3.96. The summed E-state index contributed by atoms with van der Waals surface area (Å²) in [6.45, 7) is 3.48. The number of aryl methyl sites for hydroxylation is 2. The smallest absolute Gasteiger partial charge is 0.422 e. The average molecular weight is 512 g/mol. The molecule has 0 unspecified atom stereocenters. The lowest BCUT2D eigenvalue weighted by molar-refractivity contribution is -0.154. The summed E-state index contributed by atoms with van der Waals surface area (Å²) < 4.78 is 43.2. The third-order valence-electron chi connectivity index (χ3n) is 3.96. The molecular formula is C17H24F3IN6O. The van der Waals surface area contributed by atoms with Crippen LogP contribution in [0.2, 0.25) is 0 Å². The van der Waals surface area contributed by atoms with Crippen LogP contribution >= 0.6 is 24.0 Å². The van der Waals surface area contributed by atoms with E-state index in [9.17, 15) is 13.2 Å². The second kappa shape index (κ2) is 10.5. The Morgan fingerprint density at radius 3 is 2.50 bits per heavy atom. The van der Waals surface area contributed by atoms with E-state index in [1.54, 1.807) is 13.1 Å². The number of guanidine groups is 1. The van der Waals surface area contributed by atoms with Gasteiger partial charge in [-0.15, -0.1) is 24.0 Å². The van der Waals surface area contributed by atoms with Gasteiger partial charge in [-0.25, -0.2) is 4.98 Å². The Kier molecular flexibility index (Phi) is 8.98. The fraction of sp³-hybridized carbons (Fsp3) is 0.471. The number of hydrogen-bond donors (Lipinski definition) is 2. The van der Waals surface area contributed by atoms with Crippen molar-refractivity contribution in [3.8, 4) is 5.88 Å². The molecule has 0 atom stereocenters. The first-order valence-electron chi connectivity index (χ1n) is 8.27. The van der Waals surface area contributed by atoms with Crippen LogP contribution in [0.4, 0.5) is 13.2 Å². The number of aliphatic imine (C=N–C) groups is 1. The van der Waals surface area contributed by atoms with Crippen molar-refractivity contribution < 1.29 is 17.9 Å². The number of nitrogens with zero attached hydrogens (tertiary/aromatic N) is 4. The van der Waals surface area contributed by atoms with Gasteiger partial charge in [-0.1, -0.05) is 0 Å². The molecule has 11 heteroatoms. The van der Waals surface area contributed by atoms with Gasteiger partial charge in [0.2, 0.25) is 5.88 Å². The van der Waals surface area contributed by atoms with Gasteiger partial charge >= 0.3 is 6.18 Å². The summed E-state index contributed by atoms with van der Waals surface area (Å²) in [4.78, 5) is 7.93. The maximum atomic E-state index is 12.2. The van der Waals surface area contributed by atoms with Crippen LogP contribution in [-0.4, -0.2) is 40.6 Å². The second-order valence-corrected chi connectivity index (χ2v) is 5.96.